The summed E-state index contributed by atoms with van der Waals surface area (Å²) in [6, 6.07) is 0.572. The summed E-state index contributed by atoms with van der Waals surface area (Å²) in [6.45, 7) is 12.0. The second-order valence-corrected chi connectivity index (χ2v) is 6.78. The quantitative estimate of drug-likeness (QED) is 0.907. The number of piperazine rings is 1. The minimum absolute atomic E-state index is 0.186. The summed E-state index contributed by atoms with van der Waals surface area (Å²) in [5, 5.41) is 9.08. The van der Waals surface area contributed by atoms with Crippen LogP contribution in [0.4, 0.5) is 0 Å². The SMILES string of the molecule is CCc1nn(C)c(CN2CC(CC)NCC2(C)CC)c1Cl. The van der Waals surface area contributed by atoms with Crippen molar-refractivity contribution in [3.8, 4) is 0 Å². The van der Waals surface area contributed by atoms with Gasteiger partial charge in [0.2, 0.25) is 0 Å². The summed E-state index contributed by atoms with van der Waals surface area (Å²) < 4.78 is 1.96. The van der Waals surface area contributed by atoms with Crippen molar-refractivity contribution in [2.75, 3.05) is 13.1 Å². The minimum atomic E-state index is 0.186. The van der Waals surface area contributed by atoms with Crippen LogP contribution >= 0.6 is 11.6 Å². The van der Waals surface area contributed by atoms with Crippen molar-refractivity contribution in [3.63, 3.8) is 0 Å². The van der Waals surface area contributed by atoms with Crippen LogP contribution in [0.5, 0.6) is 0 Å². The molecule has 0 spiro atoms. The Morgan fingerprint density at radius 3 is 2.62 bits per heavy atom. The predicted octanol–water partition coefficient (Wildman–Crippen LogP) is 2.99. The van der Waals surface area contributed by atoms with Crippen LogP contribution in [0.15, 0.2) is 0 Å². The third kappa shape index (κ3) is 3.27. The van der Waals surface area contributed by atoms with E-state index < -0.39 is 0 Å². The molecule has 0 saturated carbocycles. The van der Waals surface area contributed by atoms with Gasteiger partial charge in [-0.25, -0.2) is 0 Å². The molecule has 0 aromatic carbocycles. The van der Waals surface area contributed by atoms with Gasteiger partial charge in [-0.15, -0.1) is 0 Å². The molecule has 1 aromatic rings. The summed E-state index contributed by atoms with van der Waals surface area (Å²) in [4.78, 5) is 2.58. The van der Waals surface area contributed by atoms with Crippen LogP contribution in [0, 0.1) is 0 Å². The Bertz CT molecular complexity index is 485. The highest BCUT2D eigenvalue weighted by Gasteiger charge is 2.36. The molecule has 2 heterocycles. The Hall–Kier alpha value is -0.580. The van der Waals surface area contributed by atoms with Crippen molar-refractivity contribution in [1.82, 2.24) is 20.0 Å². The monoisotopic (exact) mass is 312 g/mol. The van der Waals surface area contributed by atoms with E-state index in [4.69, 9.17) is 11.6 Å². The van der Waals surface area contributed by atoms with Crippen LogP contribution in [0.25, 0.3) is 0 Å². The van der Waals surface area contributed by atoms with Crippen molar-refractivity contribution in [2.45, 2.75) is 65.1 Å². The first-order chi connectivity index (χ1) is 9.95. The van der Waals surface area contributed by atoms with Crippen molar-refractivity contribution in [3.05, 3.63) is 16.4 Å². The summed E-state index contributed by atoms with van der Waals surface area (Å²) in [5.41, 5.74) is 2.34. The Morgan fingerprint density at radius 1 is 1.38 bits per heavy atom. The molecule has 2 rings (SSSR count). The zero-order valence-corrected chi connectivity index (χ0v) is 14.8. The van der Waals surface area contributed by atoms with Crippen LogP contribution < -0.4 is 5.32 Å². The fourth-order valence-corrected chi connectivity index (χ4v) is 3.43. The zero-order chi connectivity index (χ0) is 15.6. The van der Waals surface area contributed by atoms with E-state index in [1.165, 1.54) is 0 Å². The van der Waals surface area contributed by atoms with E-state index in [0.29, 0.717) is 6.04 Å². The van der Waals surface area contributed by atoms with Crippen LogP contribution in [-0.4, -0.2) is 39.4 Å². The highest BCUT2D eigenvalue weighted by atomic mass is 35.5. The summed E-state index contributed by atoms with van der Waals surface area (Å²) >= 11 is 6.53. The number of nitrogens with one attached hydrogen (secondary N) is 1. The number of aromatic nitrogens is 2. The Morgan fingerprint density at radius 2 is 2.10 bits per heavy atom. The molecular weight excluding hydrogens is 284 g/mol. The first-order valence-corrected chi connectivity index (χ1v) is 8.51. The second-order valence-electron chi connectivity index (χ2n) is 6.40. The summed E-state index contributed by atoms with van der Waals surface area (Å²) in [5.74, 6) is 0. The van der Waals surface area contributed by atoms with E-state index in [1.807, 2.05) is 11.7 Å². The zero-order valence-electron chi connectivity index (χ0n) is 14.0. The number of hydrogen-bond donors (Lipinski definition) is 1. The van der Waals surface area contributed by atoms with Gasteiger partial charge in [-0.1, -0.05) is 32.4 Å². The normalized spacial score (nSPS) is 27.2. The van der Waals surface area contributed by atoms with Gasteiger partial charge in [0.15, 0.2) is 0 Å². The highest BCUT2D eigenvalue weighted by molar-refractivity contribution is 6.31. The molecule has 5 heteroatoms. The van der Waals surface area contributed by atoms with Gasteiger partial charge in [0.25, 0.3) is 0 Å². The maximum Gasteiger partial charge on any atom is 0.0863 e. The van der Waals surface area contributed by atoms with Gasteiger partial charge in [0, 0.05) is 38.3 Å². The molecule has 2 atom stereocenters. The average molecular weight is 313 g/mol. The third-order valence-electron chi connectivity index (χ3n) is 5.07. The van der Waals surface area contributed by atoms with Gasteiger partial charge in [0.1, 0.15) is 0 Å². The number of aryl methyl sites for hydroxylation is 2. The molecule has 0 aliphatic carbocycles. The maximum atomic E-state index is 6.53. The van der Waals surface area contributed by atoms with Gasteiger partial charge in [-0.3, -0.25) is 9.58 Å². The number of rotatable bonds is 5. The molecule has 0 amide bonds. The van der Waals surface area contributed by atoms with E-state index in [-0.39, 0.29) is 5.54 Å². The fraction of sp³-hybridized carbons (Fsp3) is 0.812. The smallest absolute Gasteiger partial charge is 0.0863 e. The lowest BCUT2D eigenvalue weighted by Gasteiger charge is -2.48. The van der Waals surface area contributed by atoms with E-state index >= 15 is 0 Å². The summed E-state index contributed by atoms with van der Waals surface area (Å²) in [6.07, 6.45) is 3.18. The van der Waals surface area contributed by atoms with Crippen molar-refractivity contribution in [1.29, 1.82) is 0 Å². The van der Waals surface area contributed by atoms with Gasteiger partial charge in [-0.05, 0) is 26.2 Å². The van der Waals surface area contributed by atoms with E-state index in [1.54, 1.807) is 0 Å². The van der Waals surface area contributed by atoms with Crippen LogP contribution in [0.3, 0.4) is 0 Å². The molecule has 120 valence electrons. The molecule has 1 aliphatic rings. The molecule has 0 bridgehead atoms. The van der Waals surface area contributed by atoms with Gasteiger partial charge in [0.05, 0.1) is 16.4 Å². The predicted molar refractivity (Wildman–Crippen MR) is 88.8 cm³/mol. The molecule has 1 aromatic heterocycles. The van der Waals surface area contributed by atoms with Crippen LogP contribution in [0.1, 0.15) is 51.9 Å². The highest BCUT2D eigenvalue weighted by Crippen LogP contribution is 2.29. The van der Waals surface area contributed by atoms with Crippen LogP contribution in [0.2, 0.25) is 5.02 Å². The molecule has 21 heavy (non-hydrogen) atoms. The Balaban J connectivity index is 2.24. The minimum Gasteiger partial charge on any atom is -0.311 e. The molecule has 1 fully saturated rings. The van der Waals surface area contributed by atoms with E-state index in [0.717, 1.165) is 55.3 Å². The van der Waals surface area contributed by atoms with E-state index in [2.05, 4.69) is 43.0 Å². The van der Waals surface area contributed by atoms with Crippen LogP contribution in [-0.2, 0) is 20.0 Å². The standard InChI is InChI=1S/C16H29ClN4/c1-6-12-9-21(16(4,8-3)11-18-12)10-14-15(17)13(7-2)19-20(14)5/h12,18H,6-11H2,1-5H3. The molecule has 1 N–H and O–H groups in total. The number of nitrogens with zero attached hydrogens (tertiary/aromatic N) is 3. The lowest BCUT2D eigenvalue weighted by molar-refractivity contribution is 0.0388. The lowest BCUT2D eigenvalue weighted by atomic mass is 9.91. The van der Waals surface area contributed by atoms with Crippen molar-refractivity contribution >= 4 is 11.6 Å². The molecule has 1 aliphatic heterocycles. The largest absolute Gasteiger partial charge is 0.311 e. The molecule has 2 unspecified atom stereocenters. The van der Waals surface area contributed by atoms with Gasteiger partial charge < -0.3 is 5.32 Å². The summed E-state index contributed by atoms with van der Waals surface area (Å²) in [7, 11) is 2.00. The molecular formula is C16H29ClN4. The first-order valence-electron chi connectivity index (χ1n) is 8.13. The van der Waals surface area contributed by atoms with Crippen molar-refractivity contribution in [2.24, 2.45) is 7.05 Å². The topological polar surface area (TPSA) is 33.1 Å². The first kappa shape index (κ1) is 16.8. The third-order valence-corrected chi connectivity index (χ3v) is 5.51. The average Bonchev–Trinajstić information content (AvgIpc) is 2.76. The molecule has 4 nitrogen and oxygen atoms in total. The molecule has 1 saturated heterocycles. The second kappa shape index (κ2) is 6.67. The lowest BCUT2D eigenvalue weighted by Crippen LogP contribution is -2.62. The Labute approximate surface area is 133 Å². The Kier molecular flexibility index (Phi) is 5.33. The molecule has 0 radical (unpaired) electrons. The number of halogens is 1. The maximum absolute atomic E-state index is 6.53. The van der Waals surface area contributed by atoms with E-state index in [9.17, 15) is 0 Å². The fourth-order valence-electron chi connectivity index (χ4n) is 3.08. The van der Waals surface area contributed by atoms with Crippen molar-refractivity contribution < 1.29 is 0 Å². The van der Waals surface area contributed by atoms with Gasteiger partial charge in [-0.2, -0.15) is 5.10 Å². The van der Waals surface area contributed by atoms with Gasteiger partial charge >= 0.3 is 0 Å². The number of hydrogen-bond acceptors (Lipinski definition) is 3.